The minimum atomic E-state index is -2.82. The average Bonchev–Trinajstić information content (AvgIpc) is 2.07. The number of hydrogen-bond acceptors (Lipinski definition) is 3. The lowest BCUT2D eigenvalue weighted by atomic mass is 10.2. The zero-order valence-corrected chi connectivity index (χ0v) is 11.0. The summed E-state index contributed by atoms with van der Waals surface area (Å²) >= 11 is 0. The molecule has 0 aliphatic carbocycles. The van der Waals surface area contributed by atoms with E-state index in [1.165, 1.54) is 6.26 Å². The molecule has 0 aromatic carbocycles. The summed E-state index contributed by atoms with van der Waals surface area (Å²) < 4.78 is 21.8. The molecule has 0 rings (SSSR count). The number of sulfone groups is 1. The number of hydrogen-bond donors (Lipinski definition) is 1. The van der Waals surface area contributed by atoms with Crippen molar-refractivity contribution in [3.05, 3.63) is 11.6 Å². The van der Waals surface area contributed by atoms with E-state index in [2.05, 4.69) is 25.2 Å². The molecule has 0 spiro atoms. The van der Waals surface area contributed by atoms with Crippen LogP contribution in [0.4, 0.5) is 0 Å². The van der Waals surface area contributed by atoms with E-state index in [0.717, 1.165) is 18.5 Å². The predicted molar refractivity (Wildman–Crippen MR) is 65.8 cm³/mol. The molecule has 90 valence electrons. The summed E-state index contributed by atoms with van der Waals surface area (Å²) in [5.41, 5.74) is 1.16. The lowest BCUT2D eigenvalue weighted by Crippen LogP contribution is -2.23. The molecular weight excluding hydrogens is 210 g/mol. The van der Waals surface area contributed by atoms with Gasteiger partial charge in [-0.05, 0) is 26.3 Å². The van der Waals surface area contributed by atoms with Crippen molar-refractivity contribution in [2.75, 3.05) is 18.6 Å². The van der Waals surface area contributed by atoms with Gasteiger partial charge in [-0.25, -0.2) is 8.42 Å². The molecule has 3 nitrogen and oxygen atoms in total. The fourth-order valence-corrected chi connectivity index (χ4v) is 1.83. The number of nitrogens with one attached hydrogen (secondary N) is 1. The topological polar surface area (TPSA) is 46.2 Å². The third-order valence-electron chi connectivity index (χ3n) is 2.06. The van der Waals surface area contributed by atoms with Gasteiger partial charge in [0.1, 0.15) is 9.84 Å². The van der Waals surface area contributed by atoms with Crippen LogP contribution in [0.1, 0.15) is 33.6 Å². The van der Waals surface area contributed by atoms with Crippen molar-refractivity contribution in [1.29, 1.82) is 0 Å². The molecule has 0 bridgehead atoms. The first-order chi connectivity index (χ1) is 6.81. The predicted octanol–water partition coefficient (Wildman–Crippen LogP) is 1.76. The molecule has 1 N–H and O–H groups in total. The van der Waals surface area contributed by atoms with Gasteiger partial charge in [0.2, 0.25) is 0 Å². The van der Waals surface area contributed by atoms with Crippen molar-refractivity contribution in [1.82, 2.24) is 5.32 Å². The van der Waals surface area contributed by atoms with Crippen molar-refractivity contribution in [2.24, 2.45) is 0 Å². The maximum Gasteiger partial charge on any atom is 0.147 e. The second kappa shape index (κ2) is 7.01. The molecule has 4 heteroatoms. The van der Waals surface area contributed by atoms with Gasteiger partial charge in [-0.1, -0.05) is 25.5 Å². The monoisotopic (exact) mass is 233 g/mol. The lowest BCUT2D eigenvalue weighted by Gasteiger charge is -2.06. The van der Waals surface area contributed by atoms with E-state index >= 15 is 0 Å². The van der Waals surface area contributed by atoms with E-state index in [0.29, 0.717) is 12.5 Å². The molecular formula is C11H23NO2S. The van der Waals surface area contributed by atoms with Gasteiger partial charge >= 0.3 is 0 Å². The van der Waals surface area contributed by atoms with E-state index in [-0.39, 0.29) is 5.75 Å². The molecule has 0 saturated heterocycles. The van der Waals surface area contributed by atoms with E-state index in [9.17, 15) is 8.42 Å². The van der Waals surface area contributed by atoms with E-state index in [1.54, 1.807) is 0 Å². The Morgan fingerprint density at radius 2 is 2.00 bits per heavy atom. The molecule has 0 saturated carbocycles. The highest BCUT2D eigenvalue weighted by Gasteiger charge is 2.01. The van der Waals surface area contributed by atoms with Crippen LogP contribution in [0.2, 0.25) is 0 Å². The standard InChI is InChI=1S/C11H23NO2S/c1-10(2)12-8-5-6-11(3)7-9-15(4,13)14/h6,10,12H,5,7-9H2,1-4H3. The Labute approximate surface area is 93.9 Å². The average molecular weight is 233 g/mol. The second-order valence-corrected chi connectivity index (χ2v) is 6.59. The van der Waals surface area contributed by atoms with Crippen LogP contribution >= 0.6 is 0 Å². The molecule has 0 atom stereocenters. The van der Waals surface area contributed by atoms with Crippen molar-refractivity contribution < 1.29 is 8.42 Å². The molecule has 15 heavy (non-hydrogen) atoms. The summed E-state index contributed by atoms with van der Waals surface area (Å²) in [5, 5.41) is 3.31. The van der Waals surface area contributed by atoms with E-state index in [1.807, 2.05) is 6.92 Å². The Kier molecular flexibility index (Phi) is 6.85. The maximum absolute atomic E-state index is 10.9. The van der Waals surface area contributed by atoms with E-state index in [4.69, 9.17) is 0 Å². The highest BCUT2D eigenvalue weighted by molar-refractivity contribution is 7.90. The van der Waals surface area contributed by atoms with Gasteiger partial charge in [0, 0.05) is 12.3 Å². The minimum absolute atomic E-state index is 0.257. The summed E-state index contributed by atoms with van der Waals surface area (Å²) in [7, 11) is -2.82. The smallest absolute Gasteiger partial charge is 0.147 e. The Hall–Kier alpha value is -0.350. The van der Waals surface area contributed by atoms with Gasteiger partial charge in [0.25, 0.3) is 0 Å². The van der Waals surface area contributed by atoms with Gasteiger partial charge < -0.3 is 5.32 Å². The molecule has 0 aromatic rings. The Morgan fingerprint density at radius 1 is 1.40 bits per heavy atom. The number of rotatable bonds is 7. The molecule has 0 radical (unpaired) electrons. The van der Waals surface area contributed by atoms with Crippen molar-refractivity contribution >= 4 is 9.84 Å². The fraction of sp³-hybridized carbons (Fsp3) is 0.818. The molecule has 0 amide bonds. The van der Waals surface area contributed by atoms with Crippen molar-refractivity contribution in [3.8, 4) is 0 Å². The summed E-state index contributed by atoms with van der Waals surface area (Å²) in [6.07, 6.45) is 5.01. The third kappa shape index (κ3) is 11.6. The summed E-state index contributed by atoms with van der Waals surface area (Å²) in [4.78, 5) is 0. The Balaban J connectivity index is 3.71. The second-order valence-electron chi connectivity index (χ2n) is 4.33. The van der Waals surface area contributed by atoms with E-state index < -0.39 is 9.84 Å². The highest BCUT2D eigenvalue weighted by Crippen LogP contribution is 2.03. The van der Waals surface area contributed by atoms with Crippen molar-refractivity contribution in [2.45, 2.75) is 39.7 Å². The van der Waals surface area contributed by atoms with Crippen LogP contribution in [0.5, 0.6) is 0 Å². The van der Waals surface area contributed by atoms with Crippen LogP contribution in [-0.2, 0) is 9.84 Å². The van der Waals surface area contributed by atoms with Crippen LogP contribution in [0, 0.1) is 0 Å². The molecule has 0 aliphatic rings. The SMILES string of the molecule is CC(=CCCNC(C)C)CCS(C)(=O)=O. The van der Waals surface area contributed by atoms with Gasteiger partial charge in [0.05, 0.1) is 5.75 Å². The summed E-state index contributed by atoms with van der Waals surface area (Å²) in [5.74, 6) is 0.257. The molecule has 0 aliphatic heterocycles. The maximum atomic E-state index is 10.9. The zero-order valence-electron chi connectivity index (χ0n) is 10.2. The third-order valence-corrected chi connectivity index (χ3v) is 3.00. The van der Waals surface area contributed by atoms with Crippen LogP contribution < -0.4 is 5.32 Å². The minimum Gasteiger partial charge on any atom is -0.314 e. The molecule has 0 unspecified atom stereocenters. The summed E-state index contributed by atoms with van der Waals surface area (Å²) in [6, 6.07) is 0.509. The zero-order chi connectivity index (χ0) is 11.9. The summed E-state index contributed by atoms with van der Waals surface area (Å²) in [6.45, 7) is 7.16. The molecule has 0 heterocycles. The number of allylic oxidation sites excluding steroid dienone is 1. The molecule has 0 fully saturated rings. The first-order valence-corrected chi connectivity index (χ1v) is 7.44. The van der Waals surface area contributed by atoms with Gasteiger partial charge in [-0.2, -0.15) is 0 Å². The Morgan fingerprint density at radius 3 is 2.47 bits per heavy atom. The lowest BCUT2D eigenvalue weighted by molar-refractivity contribution is 0.593. The van der Waals surface area contributed by atoms with Gasteiger partial charge in [-0.3, -0.25) is 0 Å². The van der Waals surface area contributed by atoms with Crippen LogP contribution in [-0.4, -0.2) is 33.0 Å². The molecule has 0 aromatic heterocycles. The van der Waals surface area contributed by atoms with Crippen LogP contribution in [0.3, 0.4) is 0 Å². The highest BCUT2D eigenvalue weighted by atomic mass is 32.2. The Bertz CT molecular complexity index is 292. The largest absolute Gasteiger partial charge is 0.314 e. The normalized spacial score (nSPS) is 13.5. The van der Waals surface area contributed by atoms with Crippen LogP contribution in [0.25, 0.3) is 0 Å². The quantitative estimate of drug-likeness (QED) is 0.538. The van der Waals surface area contributed by atoms with Gasteiger partial charge in [0.15, 0.2) is 0 Å². The van der Waals surface area contributed by atoms with Gasteiger partial charge in [-0.15, -0.1) is 0 Å². The first kappa shape index (κ1) is 14.6. The first-order valence-electron chi connectivity index (χ1n) is 5.38. The van der Waals surface area contributed by atoms with Crippen LogP contribution in [0.15, 0.2) is 11.6 Å². The van der Waals surface area contributed by atoms with Crippen molar-refractivity contribution in [3.63, 3.8) is 0 Å². The fourth-order valence-electron chi connectivity index (χ4n) is 1.14.